The number of hydrogen-bond acceptors (Lipinski definition) is 3. The summed E-state index contributed by atoms with van der Waals surface area (Å²) in [5.74, 6) is 0. The Morgan fingerprint density at radius 1 is 1.67 bits per heavy atom. The van der Waals surface area contributed by atoms with Crippen molar-refractivity contribution >= 4 is 0 Å². The van der Waals surface area contributed by atoms with Gasteiger partial charge in [0.1, 0.15) is 6.10 Å². The maximum atomic E-state index is 8.25. The van der Waals surface area contributed by atoms with Crippen molar-refractivity contribution in [2.75, 3.05) is 13.2 Å². The molecule has 0 aromatic carbocycles. The van der Waals surface area contributed by atoms with E-state index in [2.05, 4.69) is 0 Å². The van der Waals surface area contributed by atoms with E-state index in [1.807, 2.05) is 0 Å². The molecule has 0 saturated heterocycles. The minimum Gasteiger partial charge on any atom is -0.394 e. The fourth-order valence-electron chi connectivity index (χ4n) is 0.0471. The highest BCUT2D eigenvalue weighted by atomic mass is 16.5. The fraction of sp³-hybridized carbons (Fsp3) is 1.00. The molecule has 0 aromatic rings. The van der Waals surface area contributed by atoms with Gasteiger partial charge in [0.2, 0.25) is 0 Å². The molecular weight excluding hydrogens is 86.0 g/mol. The van der Waals surface area contributed by atoms with Crippen LogP contribution in [0, 0.1) is 0 Å². The molecule has 0 bridgehead atoms. The number of rotatable bonds is 2. The Bertz CT molecular complexity index is 47.4. The minimum absolute atomic E-state index is 0.565. The van der Waals surface area contributed by atoms with Crippen molar-refractivity contribution in [1.29, 1.82) is 0 Å². The molecule has 3 heteroatoms. The third-order valence-electron chi connectivity index (χ3n) is 0.359. The summed E-state index contributed by atoms with van der Waals surface area (Å²) >= 11 is 0. The van der Waals surface area contributed by atoms with Gasteiger partial charge in [-0.15, -0.1) is 0 Å². The quantitative estimate of drug-likeness (QED) is 0.359. The first kappa shape index (κ1) is 4.05. The van der Waals surface area contributed by atoms with Crippen molar-refractivity contribution in [3.05, 3.63) is 0 Å². The predicted molar refractivity (Wildman–Crippen MR) is 20.2 cm³/mol. The van der Waals surface area contributed by atoms with Crippen molar-refractivity contribution in [2.45, 2.75) is 6.10 Å². The Balaban J connectivity index is 3.14. The van der Waals surface area contributed by atoms with E-state index in [1.54, 1.807) is 0 Å². The summed E-state index contributed by atoms with van der Waals surface area (Å²) < 4.78 is 6.33. The molecule has 3 N–H and O–H groups in total. The van der Waals surface area contributed by atoms with Gasteiger partial charge in [-0.25, -0.2) is 0 Å². The van der Waals surface area contributed by atoms with E-state index in [9.17, 15) is 0 Å². The molecule has 0 aliphatic heterocycles. The Labute approximate surface area is 37.3 Å². The smallest absolute Gasteiger partial charge is 0.100 e. The molecule has 6 heavy (non-hydrogen) atoms. The minimum atomic E-state index is -1.58. The summed E-state index contributed by atoms with van der Waals surface area (Å²) in [6.45, 7) is -2.14. The van der Waals surface area contributed by atoms with Crippen LogP contribution in [0.4, 0.5) is 0 Å². The highest BCUT2D eigenvalue weighted by Crippen LogP contribution is 1.71. The maximum absolute atomic E-state index is 8.25. The lowest BCUT2D eigenvalue weighted by atomic mass is 11.0. The van der Waals surface area contributed by atoms with Gasteiger partial charge in [0.25, 0.3) is 0 Å². The molecule has 2 atom stereocenters. The van der Waals surface area contributed by atoms with Gasteiger partial charge in [0.05, 0.1) is 14.6 Å². The molecule has 0 fully saturated rings. The van der Waals surface area contributed by atoms with Crippen LogP contribution in [-0.4, -0.2) is 34.6 Å². The summed E-state index contributed by atoms with van der Waals surface area (Å²) in [4.78, 5) is 0. The van der Waals surface area contributed by atoms with E-state index in [0.29, 0.717) is 0 Å². The average Bonchev–Trinajstić information content (AvgIpc) is 1.65. The second-order valence-corrected chi connectivity index (χ2v) is 0.899. The highest BCUT2D eigenvalue weighted by molar-refractivity contribution is 4.43. The van der Waals surface area contributed by atoms with Crippen LogP contribution < -0.4 is 0 Å². The summed E-state index contributed by atoms with van der Waals surface area (Å²) in [6.07, 6.45) is -1.32. The Morgan fingerprint density at radius 3 is 2.17 bits per heavy atom. The molecule has 0 aliphatic rings. The van der Waals surface area contributed by atoms with Crippen LogP contribution in [0.15, 0.2) is 0 Å². The molecule has 0 aromatic heterocycles. The van der Waals surface area contributed by atoms with Crippen molar-refractivity contribution < 1.29 is 16.7 Å². The average molecular weight is 95.1 g/mol. The molecule has 0 heterocycles. The first-order chi connectivity index (χ1) is 3.18. The van der Waals surface area contributed by atoms with Gasteiger partial charge in [-0.3, -0.25) is 0 Å². The van der Waals surface area contributed by atoms with Gasteiger partial charge in [-0.05, 0) is 0 Å². The second kappa shape index (κ2) is 3.08. The fourth-order valence-corrected chi connectivity index (χ4v) is 0.0471. The van der Waals surface area contributed by atoms with Crippen LogP contribution in [0.3, 0.4) is 0 Å². The van der Waals surface area contributed by atoms with Crippen molar-refractivity contribution in [3.8, 4) is 0 Å². The molecule has 0 spiro atoms. The first-order valence-corrected chi connectivity index (χ1v) is 1.57. The Hall–Kier alpha value is -0.120. The van der Waals surface area contributed by atoms with Gasteiger partial charge in [-0.1, -0.05) is 0 Å². The number of hydrogen-bond donors (Lipinski definition) is 3. The Kier molecular flexibility index (Phi) is 2.08. The van der Waals surface area contributed by atoms with E-state index in [-0.39, 0.29) is 0 Å². The van der Waals surface area contributed by atoms with Gasteiger partial charge in [0.15, 0.2) is 0 Å². The molecule has 0 rings (SSSR count). The largest absolute Gasteiger partial charge is 0.394 e. The normalized spacial score (nSPS) is 22.2. The second-order valence-electron chi connectivity index (χ2n) is 0.899. The van der Waals surface area contributed by atoms with Crippen LogP contribution in [0.5, 0.6) is 0 Å². The maximum Gasteiger partial charge on any atom is 0.100 e. The van der Waals surface area contributed by atoms with Crippen molar-refractivity contribution in [3.63, 3.8) is 0 Å². The zero-order valence-corrected chi connectivity index (χ0v) is 3.20. The van der Waals surface area contributed by atoms with Crippen molar-refractivity contribution in [2.24, 2.45) is 0 Å². The monoisotopic (exact) mass is 95.1 g/mol. The summed E-state index contributed by atoms with van der Waals surface area (Å²) in [5.41, 5.74) is 0. The molecule has 0 radical (unpaired) electrons. The lowest BCUT2D eigenvalue weighted by Gasteiger charge is -1.96. The zero-order chi connectivity index (χ0) is 5.86. The summed E-state index contributed by atoms with van der Waals surface area (Å²) in [7, 11) is 0. The third-order valence-corrected chi connectivity index (χ3v) is 0.359. The van der Waals surface area contributed by atoms with Gasteiger partial charge >= 0.3 is 0 Å². The standard InChI is InChI=1S/C3H8O3/c4-1-3(6)2-5/h3-6H,1-2H2/i1D,2+1,3+1/t1-,3-/m1/s1. The molecular formula is C3H8O3. The van der Waals surface area contributed by atoms with Crippen LogP contribution >= 0.6 is 0 Å². The summed E-state index contributed by atoms with van der Waals surface area (Å²) in [6, 6.07) is 0. The molecule has 38 valence electrons. The zero-order valence-electron chi connectivity index (χ0n) is 4.20. The van der Waals surface area contributed by atoms with E-state index in [1.165, 1.54) is 0 Å². The lowest BCUT2D eigenvalue weighted by molar-refractivity contribution is 0.0450. The van der Waals surface area contributed by atoms with Crippen molar-refractivity contribution in [1.82, 2.24) is 0 Å². The topological polar surface area (TPSA) is 60.7 Å². The molecule has 0 saturated carbocycles. The Morgan fingerprint density at radius 2 is 2.17 bits per heavy atom. The van der Waals surface area contributed by atoms with Crippen LogP contribution in [0.1, 0.15) is 1.37 Å². The molecule has 0 aliphatic carbocycles. The van der Waals surface area contributed by atoms with E-state index < -0.39 is 19.3 Å². The SMILES string of the molecule is [2H][C@@H](O)[13C@@H](O)[13CH2]O. The van der Waals surface area contributed by atoms with E-state index >= 15 is 0 Å². The van der Waals surface area contributed by atoms with Crippen LogP contribution in [0.25, 0.3) is 0 Å². The van der Waals surface area contributed by atoms with Crippen LogP contribution in [-0.2, 0) is 0 Å². The third kappa shape index (κ3) is 2.14. The van der Waals surface area contributed by atoms with Gasteiger partial charge in [-0.2, -0.15) is 0 Å². The van der Waals surface area contributed by atoms with E-state index in [4.69, 9.17) is 16.7 Å². The van der Waals surface area contributed by atoms with Gasteiger partial charge < -0.3 is 15.3 Å². The first-order valence-electron chi connectivity index (χ1n) is 2.15. The number of aliphatic hydroxyl groups is 3. The van der Waals surface area contributed by atoms with E-state index in [0.717, 1.165) is 0 Å². The molecule has 3 nitrogen and oxygen atoms in total. The van der Waals surface area contributed by atoms with Gasteiger partial charge in [0, 0.05) is 0 Å². The predicted octanol–water partition coefficient (Wildman–Crippen LogP) is -1.67. The van der Waals surface area contributed by atoms with Crippen LogP contribution in [0.2, 0.25) is 0 Å². The lowest BCUT2D eigenvalue weighted by Crippen LogP contribution is -2.15. The number of aliphatic hydroxyl groups excluding tert-OH is 3. The summed E-state index contributed by atoms with van der Waals surface area (Å²) in [5, 5.41) is 24.3. The molecule has 0 unspecified atom stereocenters. The molecule has 0 amide bonds. The highest BCUT2D eigenvalue weighted by Gasteiger charge is 1.93.